The summed E-state index contributed by atoms with van der Waals surface area (Å²) >= 11 is 0. The summed E-state index contributed by atoms with van der Waals surface area (Å²) in [6, 6.07) is 6.46. The Labute approximate surface area is 175 Å². The Morgan fingerprint density at radius 3 is 2.67 bits per heavy atom. The Bertz CT molecular complexity index is 1020. The first-order valence-corrected chi connectivity index (χ1v) is 10.3. The highest BCUT2D eigenvalue weighted by Gasteiger charge is 2.21. The molecule has 1 fully saturated rings. The number of piperidine rings is 1. The third kappa shape index (κ3) is 4.15. The number of hydrogen-bond donors (Lipinski definition) is 3. The molecule has 1 aromatic carbocycles. The first-order valence-electron chi connectivity index (χ1n) is 10.3. The normalized spacial score (nSPS) is 15.0. The van der Waals surface area contributed by atoms with Gasteiger partial charge in [-0.1, -0.05) is 12.1 Å². The van der Waals surface area contributed by atoms with Crippen molar-refractivity contribution in [1.82, 2.24) is 25.3 Å². The van der Waals surface area contributed by atoms with Crippen LogP contribution >= 0.6 is 0 Å². The summed E-state index contributed by atoms with van der Waals surface area (Å²) < 4.78 is 2.20. The Kier molecular flexibility index (Phi) is 5.96. The van der Waals surface area contributed by atoms with Crippen molar-refractivity contribution in [3.05, 3.63) is 53.5 Å². The van der Waals surface area contributed by atoms with Crippen LogP contribution in [0.3, 0.4) is 0 Å². The number of carbonyl (C=O) groups excluding carboxylic acids is 1. The second kappa shape index (κ2) is 8.81. The van der Waals surface area contributed by atoms with Crippen molar-refractivity contribution in [3.8, 4) is 0 Å². The van der Waals surface area contributed by atoms with Gasteiger partial charge >= 0.3 is 0 Å². The van der Waals surface area contributed by atoms with Crippen molar-refractivity contribution < 1.29 is 10.0 Å². The Balaban J connectivity index is 1.28. The molecule has 158 valence electrons. The second-order valence-corrected chi connectivity index (χ2v) is 8.01. The molecule has 0 aliphatic carbocycles. The van der Waals surface area contributed by atoms with Gasteiger partial charge in [0.15, 0.2) is 0 Å². The average molecular weight is 409 g/mol. The SMILES string of the molecule is Cc1cccc2c1c(CNCC1CCN(c3ncc(C(=O)NO)cn3)CC1)cn2C. The van der Waals surface area contributed by atoms with Gasteiger partial charge < -0.3 is 14.8 Å². The van der Waals surface area contributed by atoms with Crippen LogP contribution in [-0.2, 0) is 13.6 Å². The van der Waals surface area contributed by atoms with Gasteiger partial charge in [0, 0.05) is 56.2 Å². The minimum atomic E-state index is -0.604. The second-order valence-electron chi connectivity index (χ2n) is 8.01. The molecule has 2 aromatic heterocycles. The zero-order valence-electron chi connectivity index (χ0n) is 17.4. The molecule has 1 saturated heterocycles. The van der Waals surface area contributed by atoms with Crippen LogP contribution in [-0.4, -0.2) is 45.3 Å². The molecule has 0 spiro atoms. The number of fused-ring (bicyclic) bond motifs is 1. The predicted octanol–water partition coefficient (Wildman–Crippen LogP) is 2.40. The lowest BCUT2D eigenvalue weighted by Gasteiger charge is -2.32. The van der Waals surface area contributed by atoms with E-state index in [-0.39, 0.29) is 5.56 Å². The first-order chi connectivity index (χ1) is 14.6. The summed E-state index contributed by atoms with van der Waals surface area (Å²) in [5.41, 5.74) is 5.78. The number of rotatable bonds is 6. The lowest BCUT2D eigenvalue weighted by Crippen LogP contribution is -2.38. The maximum atomic E-state index is 11.4. The molecule has 0 bridgehead atoms. The highest BCUT2D eigenvalue weighted by molar-refractivity contribution is 5.92. The number of nitrogens with zero attached hydrogens (tertiary/aromatic N) is 4. The van der Waals surface area contributed by atoms with E-state index in [9.17, 15) is 4.79 Å². The molecule has 30 heavy (non-hydrogen) atoms. The molecule has 1 aliphatic heterocycles. The summed E-state index contributed by atoms with van der Waals surface area (Å²) in [4.78, 5) is 22.0. The molecule has 0 radical (unpaired) electrons. The number of amides is 1. The van der Waals surface area contributed by atoms with Crippen molar-refractivity contribution in [3.63, 3.8) is 0 Å². The number of aromatic nitrogens is 3. The molecule has 8 nitrogen and oxygen atoms in total. The third-order valence-electron chi connectivity index (χ3n) is 5.95. The Morgan fingerprint density at radius 2 is 1.97 bits per heavy atom. The van der Waals surface area contributed by atoms with Crippen LogP contribution in [0.25, 0.3) is 10.9 Å². The summed E-state index contributed by atoms with van der Waals surface area (Å²) in [5.74, 6) is 0.645. The van der Waals surface area contributed by atoms with Crippen LogP contribution in [0.5, 0.6) is 0 Å². The maximum absolute atomic E-state index is 11.4. The van der Waals surface area contributed by atoms with E-state index >= 15 is 0 Å². The van der Waals surface area contributed by atoms with Crippen LogP contribution in [0.4, 0.5) is 5.95 Å². The van der Waals surface area contributed by atoms with Gasteiger partial charge in [-0.05, 0) is 49.4 Å². The molecule has 3 aromatic rings. The molecule has 3 heterocycles. The monoisotopic (exact) mass is 408 g/mol. The lowest BCUT2D eigenvalue weighted by atomic mass is 9.97. The number of hydrogen-bond acceptors (Lipinski definition) is 6. The van der Waals surface area contributed by atoms with E-state index in [0.717, 1.165) is 39.0 Å². The van der Waals surface area contributed by atoms with Crippen molar-refractivity contribution in [2.45, 2.75) is 26.3 Å². The highest BCUT2D eigenvalue weighted by atomic mass is 16.5. The summed E-state index contributed by atoms with van der Waals surface area (Å²) in [5, 5.41) is 13.7. The molecule has 1 aliphatic rings. The number of benzene rings is 1. The van der Waals surface area contributed by atoms with Gasteiger partial charge in [0.1, 0.15) is 0 Å². The molecule has 0 saturated carbocycles. The Hall–Kier alpha value is -2.97. The van der Waals surface area contributed by atoms with Gasteiger partial charge in [0.2, 0.25) is 5.95 Å². The van der Waals surface area contributed by atoms with Crippen molar-refractivity contribution in [2.75, 3.05) is 24.5 Å². The van der Waals surface area contributed by atoms with Gasteiger partial charge in [-0.25, -0.2) is 15.4 Å². The van der Waals surface area contributed by atoms with Gasteiger partial charge in [-0.15, -0.1) is 0 Å². The van der Waals surface area contributed by atoms with Crippen molar-refractivity contribution in [2.24, 2.45) is 13.0 Å². The van der Waals surface area contributed by atoms with Crippen LogP contribution in [0.2, 0.25) is 0 Å². The van der Waals surface area contributed by atoms with Gasteiger partial charge in [0.05, 0.1) is 5.56 Å². The quantitative estimate of drug-likeness (QED) is 0.428. The average Bonchev–Trinajstić information content (AvgIpc) is 3.10. The van der Waals surface area contributed by atoms with E-state index < -0.39 is 5.91 Å². The molecule has 3 N–H and O–H groups in total. The number of anilines is 1. The maximum Gasteiger partial charge on any atom is 0.277 e. The van der Waals surface area contributed by atoms with E-state index in [4.69, 9.17) is 5.21 Å². The topological polar surface area (TPSA) is 95.3 Å². The van der Waals surface area contributed by atoms with Gasteiger partial charge in [0.25, 0.3) is 5.91 Å². The van der Waals surface area contributed by atoms with E-state index in [1.54, 1.807) is 5.48 Å². The van der Waals surface area contributed by atoms with Crippen molar-refractivity contribution in [1.29, 1.82) is 0 Å². The summed E-state index contributed by atoms with van der Waals surface area (Å²) in [6.45, 7) is 5.83. The molecule has 1 amide bonds. The van der Waals surface area contributed by atoms with E-state index in [0.29, 0.717) is 11.9 Å². The van der Waals surface area contributed by atoms with E-state index in [1.807, 2.05) is 0 Å². The lowest BCUT2D eigenvalue weighted by molar-refractivity contribution is 0.0705. The molecule has 4 rings (SSSR count). The zero-order valence-corrected chi connectivity index (χ0v) is 17.4. The number of hydroxylamine groups is 1. The Morgan fingerprint density at radius 1 is 1.23 bits per heavy atom. The fourth-order valence-electron chi connectivity index (χ4n) is 4.28. The number of carbonyl (C=O) groups is 1. The van der Waals surface area contributed by atoms with Crippen LogP contribution < -0.4 is 15.7 Å². The van der Waals surface area contributed by atoms with Crippen molar-refractivity contribution >= 4 is 22.8 Å². The summed E-state index contributed by atoms with van der Waals surface area (Å²) in [6.07, 6.45) is 7.25. The van der Waals surface area contributed by atoms with Gasteiger partial charge in [-0.3, -0.25) is 10.0 Å². The fraction of sp³-hybridized carbons (Fsp3) is 0.409. The first kappa shape index (κ1) is 20.3. The molecule has 0 atom stereocenters. The van der Waals surface area contributed by atoms with Gasteiger partial charge in [-0.2, -0.15) is 0 Å². The van der Waals surface area contributed by atoms with Crippen LogP contribution in [0.1, 0.15) is 34.3 Å². The molecule has 8 heteroatoms. The molecule has 0 unspecified atom stereocenters. The largest absolute Gasteiger partial charge is 0.350 e. The molecular formula is C22H28N6O2. The fourth-order valence-corrected chi connectivity index (χ4v) is 4.28. The highest BCUT2D eigenvalue weighted by Crippen LogP contribution is 2.25. The standard InChI is InChI=1S/C22H28N6O2/c1-15-4-3-5-19-20(15)18(14-27(19)2)11-23-10-16-6-8-28(9-7-16)22-24-12-17(13-25-22)21(29)26-30/h3-5,12-14,16,23,30H,6-11H2,1-2H3,(H,26,29). The third-order valence-corrected chi connectivity index (χ3v) is 5.95. The zero-order chi connectivity index (χ0) is 21.1. The predicted molar refractivity (Wildman–Crippen MR) is 116 cm³/mol. The minimum absolute atomic E-state index is 0.240. The number of nitrogens with one attached hydrogen (secondary N) is 2. The summed E-state index contributed by atoms with van der Waals surface area (Å²) in [7, 11) is 2.10. The van der Waals surface area contributed by atoms with E-state index in [2.05, 4.69) is 63.1 Å². The van der Waals surface area contributed by atoms with E-state index in [1.165, 1.54) is 34.4 Å². The van der Waals surface area contributed by atoms with Crippen LogP contribution in [0.15, 0.2) is 36.8 Å². The van der Waals surface area contributed by atoms with Crippen LogP contribution in [0, 0.1) is 12.8 Å². The molecular weight excluding hydrogens is 380 g/mol. The smallest absolute Gasteiger partial charge is 0.277 e. The number of aryl methyl sites for hydroxylation is 2. The minimum Gasteiger partial charge on any atom is -0.350 e.